The van der Waals surface area contributed by atoms with Gasteiger partial charge < -0.3 is 0 Å². The smallest absolute Gasteiger partial charge is 0.299 e. The third-order valence-electron chi connectivity index (χ3n) is 3.15. The third kappa shape index (κ3) is 1.74. The molecule has 17 heavy (non-hydrogen) atoms. The van der Waals surface area contributed by atoms with Crippen molar-refractivity contribution in [3.8, 4) is 0 Å². The molecule has 7 heteroatoms. The van der Waals surface area contributed by atoms with E-state index in [1.807, 2.05) is 0 Å². The number of rotatable bonds is 2. The van der Waals surface area contributed by atoms with Gasteiger partial charge in [0.2, 0.25) is 0 Å². The third-order valence-corrected chi connectivity index (χ3v) is 3.58. The lowest BCUT2D eigenvalue weighted by Crippen LogP contribution is -2.21. The average Bonchev–Trinajstić information content (AvgIpc) is 2.91. The molecule has 0 atom stereocenters. The second-order valence-corrected chi connectivity index (χ2v) is 4.63. The highest BCUT2D eigenvalue weighted by atomic mass is 35.5. The maximum absolute atomic E-state index is 12.8. The van der Waals surface area contributed by atoms with Gasteiger partial charge in [-0.05, 0) is 19.8 Å². The molecule has 1 aromatic heterocycles. The molecule has 0 aromatic carbocycles. The highest BCUT2D eigenvalue weighted by Gasteiger charge is 2.56. The first-order valence-corrected chi connectivity index (χ1v) is 5.39. The van der Waals surface area contributed by atoms with Crippen LogP contribution >= 0.6 is 11.6 Å². The van der Waals surface area contributed by atoms with E-state index in [-0.39, 0.29) is 16.5 Å². The van der Waals surface area contributed by atoms with Crippen LogP contribution in [0.15, 0.2) is 0 Å². The molecule has 1 heterocycles. The van der Waals surface area contributed by atoms with Crippen molar-refractivity contribution in [2.45, 2.75) is 31.4 Å². The van der Waals surface area contributed by atoms with Crippen molar-refractivity contribution < 1.29 is 18.0 Å². The summed E-state index contributed by atoms with van der Waals surface area (Å²) < 4.78 is 39.4. The van der Waals surface area contributed by atoms with E-state index in [0.717, 1.165) is 4.68 Å². The second kappa shape index (κ2) is 3.48. The summed E-state index contributed by atoms with van der Waals surface area (Å²) >= 11 is 5.84. The summed E-state index contributed by atoms with van der Waals surface area (Å²) in [6.45, 7) is 1.29. The largest absolute Gasteiger partial charge is 0.435 e. The van der Waals surface area contributed by atoms with Gasteiger partial charge in [-0.15, -0.1) is 0 Å². The van der Waals surface area contributed by atoms with Gasteiger partial charge in [0.25, 0.3) is 0 Å². The van der Waals surface area contributed by atoms with Crippen LogP contribution in [0.5, 0.6) is 0 Å². The quantitative estimate of drug-likeness (QED) is 0.825. The van der Waals surface area contributed by atoms with Crippen molar-refractivity contribution >= 4 is 17.4 Å². The number of hydrogen-bond acceptors (Lipinski definition) is 2. The van der Waals surface area contributed by atoms with Crippen LogP contribution in [0.2, 0.25) is 5.15 Å². The Morgan fingerprint density at radius 3 is 2.35 bits per heavy atom. The first-order valence-electron chi connectivity index (χ1n) is 5.01. The predicted octanol–water partition coefficient (Wildman–Crippen LogP) is 2.71. The standard InChI is InChI=1S/C10H10ClF3N2O/c1-5(17)9(3-4-9)6-7(10(12,13)14)15-16(2)8(6)11/h3-4H2,1-2H3. The van der Waals surface area contributed by atoms with Crippen LogP contribution in [0.25, 0.3) is 0 Å². The van der Waals surface area contributed by atoms with E-state index in [0.29, 0.717) is 12.8 Å². The topological polar surface area (TPSA) is 34.9 Å². The first-order chi connectivity index (χ1) is 7.70. The molecule has 0 radical (unpaired) electrons. The second-order valence-electron chi connectivity index (χ2n) is 4.27. The summed E-state index contributed by atoms with van der Waals surface area (Å²) in [6.07, 6.45) is -3.79. The molecule has 1 aromatic rings. The summed E-state index contributed by atoms with van der Waals surface area (Å²) in [5, 5.41) is 3.27. The van der Waals surface area contributed by atoms with Crippen molar-refractivity contribution in [2.24, 2.45) is 7.05 Å². The number of aromatic nitrogens is 2. The Balaban J connectivity index is 2.65. The minimum atomic E-state index is -4.59. The molecule has 94 valence electrons. The van der Waals surface area contributed by atoms with Gasteiger partial charge in [0.15, 0.2) is 5.69 Å². The lowest BCUT2D eigenvalue weighted by Gasteiger charge is -2.13. The van der Waals surface area contributed by atoms with Crippen molar-refractivity contribution in [3.63, 3.8) is 0 Å². The van der Waals surface area contributed by atoms with Crippen molar-refractivity contribution in [1.82, 2.24) is 9.78 Å². The Morgan fingerprint density at radius 1 is 1.47 bits per heavy atom. The van der Waals surface area contributed by atoms with E-state index < -0.39 is 17.3 Å². The van der Waals surface area contributed by atoms with Crippen LogP contribution in [0.4, 0.5) is 13.2 Å². The summed E-state index contributed by atoms with van der Waals surface area (Å²) in [5.41, 5.74) is -2.28. The van der Waals surface area contributed by atoms with E-state index >= 15 is 0 Å². The van der Waals surface area contributed by atoms with Crippen LogP contribution in [-0.2, 0) is 23.4 Å². The lowest BCUT2D eigenvalue weighted by atomic mass is 9.92. The number of alkyl halides is 3. The van der Waals surface area contributed by atoms with Crippen LogP contribution in [-0.4, -0.2) is 15.6 Å². The molecule has 1 aliphatic carbocycles. The molecule has 0 spiro atoms. The van der Waals surface area contributed by atoms with E-state index in [4.69, 9.17) is 11.6 Å². The number of halogens is 4. The molecule has 1 aliphatic rings. The minimum absolute atomic E-state index is 0.106. The number of aryl methyl sites for hydroxylation is 1. The van der Waals surface area contributed by atoms with Gasteiger partial charge in [0.1, 0.15) is 10.9 Å². The maximum Gasteiger partial charge on any atom is 0.435 e. The molecule has 0 bridgehead atoms. The normalized spacial score (nSPS) is 18.2. The molecular weight excluding hydrogens is 257 g/mol. The minimum Gasteiger partial charge on any atom is -0.299 e. The Kier molecular flexibility index (Phi) is 2.54. The fourth-order valence-electron chi connectivity index (χ4n) is 2.03. The number of ketones is 1. The van der Waals surface area contributed by atoms with Crippen LogP contribution < -0.4 is 0 Å². The Bertz CT molecular complexity index is 488. The van der Waals surface area contributed by atoms with Gasteiger partial charge in [-0.25, -0.2) is 0 Å². The fourth-order valence-corrected chi connectivity index (χ4v) is 2.34. The lowest BCUT2D eigenvalue weighted by molar-refractivity contribution is -0.142. The van der Waals surface area contributed by atoms with E-state index in [1.54, 1.807) is 0 Å². The zero-order valence-electron chi connectivity index (χ0n) is 9.23. The molecule has 2 rings (SSSR count). The molecular formula is C10H10ClF3N2O. The number of Topliss-reactive ketones (excluding diaryl/α,β-unsaturated/α-hetero) is 1. The number of carbonyl (C=O) groups is 1. The van der Waals surface area contributed by atoms with Gasteiger partial charge in [0, 0.05) is 12.6 Å². The summed E-state index contributed by atoms with van der Waals surface area (Å²) in [7, 11) is 1.33. The van der Waals surface area contributed by atoms with Gasteiger partial charge in [0.05, 0.1) is 5.41 Å². The summed E-state index contributed by atoms with van der Waals surface area (Å²) in [5.74, 6) is -0.294. The van der Waals surface area contributed by atoms with Gasteiger partial charge in [-0.1, -0.05) is 11.6 Å². The molecule has 0 amide bonds. The fraction of sp³-hybridized carbons (Fsp3) is 0.600. The van der Waals surface area contributed by atoms with Crippen LogP contribution in [0.1, 0.15) is 31.0 Å². The van der Waals surface area contributed by atoms with Crippen molar-refractivity contribution in [2.75, 3.05) is 0 Å². The van der Waals surface area contributed by atoms with Crippen LogP contribution in [0, 0.1) is 0 Å². The number of carbonyl (C=O) groups excluding carboxylic acids is 1. The Labute approximate surface area is 101 Å². The molecule has 1 saturated carbocycles. The molecule has 0 unspecified atom stereocenters. The Hall–Kier alpha value is -1.04. The van der Waals surface area contributed by atoms with E-state index in [9.17, 15) is 18.0 Å². The van der Waals surface area contributed by atoms with Gasteiger partial charge >= 0.3 is 6.18 Å². The number of nitrogens with zero attached hydrogens (tertiary/aromatic N) is 2. The molecule has 3 nitrogen and oxygen atoms in total. The highest BCUT2D eigenvalue weighted by molar-refractivity contribution is 6.31. The summed E-state index contributed by atoms with van der Waals surface area (Å²) in [6, 6.07) is 0. The molecule has 0 saturated heterocycles. The van der Waals surface area contributed by atoms with E-state index in [2.05, 4.69) is 5.10 Å². The monoisotopic (exact) mass is 266 g/mol. The van der Waals surface area contributed by atoms with E-state index in [1.165, 1.54) is 14.0 Å². The molecule has 1 fully saturated rings. The molecule has 0 N–H and O–H groups in total. The summed E-state index contributed by atoms with van der Waals surface area (Å²) in [4.78, 5) is 11.5. The van der Waals surface area contributed by atoms with Crippen molar-refractivity contribution in [1.29, 1.82) is 0 Å². The predicted molar refractivity (Wildman–Crippen MR) is 54.8 cm³/mol. The highest BCUT2D eigenvalue weighted by Crippen LogP contribution is 2.54. The Morgan fingerprint density at radius 2 is 2.00 bits per heavy atom. The van der Waals surface area contributed by atoms with Crippen molar-refractivity contribution in [3.05, 3.63) is 16.4 Å². The molecule has 0 aliphatic heterocycles. The van der Waals surface area contributed by atoms with Gasteiger partial charge in [-0.3, -0.25) is 9.48 Å². The maximum atomic E-state index is 12.8. The number of hydrogen-bond donors (Lipinski definition) is 0. The zero-order valence-corrected chi connectivity index (χ0v) is 9.98. The van der Waals surface area contributed by atoms with Gasteiger partial charge in [-0.2, -0.15) is 18.3 Å². The zero-order chi connectivity index (χ0) is 13.0. The average molecular weight is 267 g/mol. The van der Waals surface area contributed by atoms with Crippen LogP contribution in [0.3, 0.4) is 0 Å². The SMILES string of the molecule is CC(=O)C1(c2c(C(F)(F)F)nn(C)c2Cl)CC1. The first kappa shape index (κ1) is 12.4.